The topological polar surface area (TPSA) is 89.5 Å². The number of hydrogen-bond acceptors (Lipinski definition) is 6. The van der Waals surface area contributed by atoms with Crippen molar-refractivity contribution in [1.29, 1.82) is 0 Å². The van der Waals surface area contributed by atoms with Gasteiger partial charge < -0.3 is 15.2 Å². The molecule has 0 atom stereocenters. The zero-order chi connectivity index (χ0) is 16.3. The van der Waals surface area contributed by atoms with Gasteiger partial charge in [-0.3, -0.25) is 14.5 Å². The molecule has 0 bridgehead atoms. The lowest BCUT2D eigenvalue weighted by molar-refractivity contribution is -0.305. The van der Waals surface area contributed by atoms with Crippen LogP contribution < -0.4 is 10.4 Å². The lowest BCUT2D eigenvalue weighted by atomic mass is 10.2. The molecular weight excluding hydrogens is 324 g/mol. The average Bonchev–Trinajstić information content (AvgIpc) is 2.68. The Balaban J connectivity index is 2.16. The third-order valence-corrected chi connectivity index (χ3v) is 4.07. The Hall–Kier alpha value is -2.19. The average molecular weight is 335 g/mol. The fraction of sp³-hybridized carbons (Fsp3) is 0.143. The SMILES string of the molecule is CC(=O)Nc1ccc(/C=C2/SC(=S)N(CC(=O)[O-])C2=O)cc1. The number of aliphatic carboxylic acids is 1. The van der Waals surface area contributed by atoms with Crippen molar-refractivity contribution in [3.8, 4) is 0 Å². The Kier molecular flexibility index (Phi) is 4.94. The van der Waals surface area contributed by atoms with E-state index in [1.807, 2.05) is 0 Å². The summed E-state index contributed by atoms with van der Waals surface area (Å²) >= 11 is 6.03. The summed E-state index contributed by atoms with van der Waals surface area (Å²) in [5.74, 6) is -1.99. The number of carbonyl (C=O) groups is 3. The lowest BCUT2D eigenvalue weighted by Crippen LogP contribution is -2.40. The Morgan fingerprint density at radius 1 is 1.36 bits per heavy atom. The predicted octanol–water partition coefficient (Wildman–Crippen LogP) is 0.596. The molecule has 114 valence electrons. The molecule has 1 N–H and O–H groups in total. The van der Waals surface area contributed by atoms with E-state index in [0.717, 1.165) is 22.2 Å². The number of amides is 2. The van der Waals surface area contributed by atoms with Crippen molar-refractivity contribution in [2.45, 2.75) is 6.92 Å². The van der Waals surface area contributed by atoms with Crippen molar-refractivity contribution in [3.05, 3.63) is 34.7 Å². The molecule has 0 saturated carbocycles. The fourth-order valence-corrected chi connectivity index (χ4v) is 3.04. The van der Waals surface area contributed by atoms with E-state index >= 15 is 0 Å². The molecule has 1 aromatic carbocycles. The number of rotatable bonds is 4. The Morgan fingerprint density at radius 2 is 2.00 bits per heavy atom. The van der Waals surface area contributed by atoms with Gasteiger partial charge in [-0.1, -0.05) is 36.1 Å². The molecule has 0 aromatic heterocycles. The number of nitrogens with zero attached hydrogens (tertiary/aromatic N) is 1. The van der Waals surface area contributed by atoms with Crippen LogP contribution in [0.4, 0.5) is 5.69 Å². The van der Waals surface area contributed by atoms with Crippen molar-refractivity contribution in [2.75, 3.05) is 11.9 Å². The van der Waals surface area contributed by atoms with Crippen LogP contribution in [-0.4, -0.2) is 33.5 Å². The third kappa shape index (κ3) is 3.92. The molecule has 2 rings (SSSR count). The first-order valence-corrected chi connectivity index (χ1v) is 7.42. The van der Waals surface area contributed by atoms with Crippen LogP contribution >= 0.6 is 24.0 Å². The maximum absolute atomic E-state index is 12.1. The van der Waals surface area contributed by atoms with Crippen LogP contribution in [0.5, 0.6) is 0 Å². The van der Waals surface area contributed by atoms with Gasteiger partial charge in [0.15, 0.2) is 0 Å². The molecular formula is C14H11N2O4S2-. The standard InChI is InChI=1S/C14H12N2O4S2/c1-8(17)15-10-4-2-9(3-5-10)6-11-13(20)16(7-12(18)19)14(21)22-11/h2-6H,7H2,1H3,(H,15,17)(H,18,19)/p-1/b11-6+. The number of hydrogen-bond donors (Lipinski definition) is 1. The van der Waals surface area contributed by atoms with Gasteiger partial charge in [0.1, 0.15) is 4.32 Å². The maximum Gasteiger partial charge on any atom is 0.266 e. The summed E-state index contributed by atoms with van der Waals surface area (Å²) in [6, 6.07) is 6.87. The maximum atomic E-state index is 12.1. The summed E-state index contributed by atoms with van der Waals surface area (Å²) in [6.07, 6.45) is 1.62. The summed E-state index contributed by atoms with van der Waals surface area (Å²) in [6.45, 7) is 0.861. The first-order valence-electron chi connectivity index (χ1n) is 6.19. The molecule has 22 heavy (non-hydrogen) atoms. The summed E-state index contributed by atoms with van der Waals surface area (Å²) < 4.78 is 0.190. The van der Waals surface area contributed by atoms with Gasteiger partial charge in [-0.2, -0.15) is 0 Å². The number of benzene rings is 1. The molecule has 8 heteroatoms. The highest BCUT2D eigenvalue weighted by atomic mass is 32.2. The van der Waals surface area contributed by atoms with Crippen LogP contribution in [0.15, 0.2) is 29.2 Å². The monoisotopic (exact) mass is 335 g/mol. The zero-order valence-corrected chi connectivity index (χ0v) is 13.1. The molecule has 1 fully saturated rings. The first-order chi connectivity index (χ1) is 10.4. The number of carboxylic acid groups (broad SMARTS) is 1. The molecule has 1 heterocycles. The number of thioether (sulfide) groups is 1. The van der Waals surface area contributed by atoms with Crippen LogP contribution in [0.1, 0.15) is 12.5 Å². The van der Waals surface area contributed by atoms with Crippen LogP contribution in [-0.2, 0) is 14.4 Å². The molecule has 2 amide bonds. The Labute approximate surface area is 136 Å². The molecule has 0 spiro atoms. The summed E-state index contributed by atoms with van der Waals surface area (Å²) in [7, 11) is 0. The second-order valence-corrected chi connectivity index (χ2v) is 6.12. The first kappa shape index (κ1) is 16.2. The van der Waals surface area contributed by atoms with E-state index < -0.39 is 18.4 Å². The van der Waals surface area contributed by atoms with Gasteiger partial charge in [-0.15, -0.1) is 0 Å². The summed E-state index contributed by atoms with van der Waals surface area (Å²) in [5, 5.41) is 13.2. The van der Waals surface area contributed by atoms with Crippen molar-refractivity contribution < 1.29 is 19.5 Å². The van der Waals surface area contributed by atoms with Gasteiger partial charge in [0.2, 0.25) is 5.91 Å². The van der Waals surface area contributed by atoms with Gasteiger partial charge >= 0.3 is 0 Å². The molecule has 0 radical (unpaired) electrons. The normalized spacial score (nSPS) is 16.2. The second-order valence-electron chi connectivity index (χ2n) is 4.44. The van der Waals surface area contributed by atoms with Gasteiger partial charge in [-0.25, -0.2) is 0 Å². The highest BCUT2D eigenvalue weighted by Crippen LogP contribution is 2.32. The highest BCUT2D eigenvalue weighted by Gasteiger charge is 2.31. The number of carbonyl (C=O) groups excluding carboxylic acids is 3. The summed E-state index contributed by atoms with van der Waals surface area (Å²) in [5.41, 5.74) is 1.39. The lowest BCUT2D eigenvalue weighted by Gasteiger charge is -2.14. The van der Waals surface area contributed by atoms with E-state index in [-0.39, 0.29) is 10.2 Å². The van der Waals surface area contributed by atoms with Crippen molar-refractivity contribution in [2.24, 2.45) is 0 Å². The fourth-order valence-electron chi connectivity index (χ4n) is 1.78. The van der Waals surface area contributed by atoms with Crippen LogP contribution in [0.25, 0.3) is 6.08 Å². The molecule has 1 aliphatic rings. The Bertz CT molecular complexity index is 683. The smallest absolute Gasteiger partial charge is 0.266 e. The minimum Gasteiger partial charge on any atom is -0.548 e. The van der Waals surface area contributed by atoms with Crippen LogP contribution in [0, 0.1) is 0 Å². The van der Waals surface area contributed by atoms with Crippen molar-refractivity contribution >= 4 is 57.8 Å². The van der Waals surface area contributed by atoms with Gasteiger partial charge in [0, 0.05) is 12.6 Å². The van der Waals surface area contributed by atoms with E-state index in [2.05, 4.69) is 5.32 Å². The van der Waals surface area contributed by atoms with Gasteiger partial charge in [-0.05, 0) is 23.8 Å². The van der Waals surface area contributed by atoms with Crippen molar-refractivity contribution in [1.82, 2.24) is 4.90 Å². The quantitative estimate of drug-likeness (QED) is 0.640. The zero-order valence-electron chi connectivity index (χ0n) is 11.5. The summed E-state index contributed by atoms with van der Waals surface area (Å²) in [4.78, 5) is 35.0. The van der Waals surface area contributed by atoms with E-state index in [9.17, 15) is 19.5 Å². The predicted molar refractivity (Wildman–Crippen MR) is 85.6 cm³/mol. The highest BCUT2D eigenvalue weighted by molar-refractivity contribution is 8.26. The molecule has 0 unspecified atom stereocenters. The van der Waals surface area contributed by atoms with Gasteiger partial charge in [0.05, 0.1) is 17.4 Å². The van der Waals surface area contributed by atoms with Crippen molar-refractivity contribution in [3.63, 3.8) is 0 Å². The molecule has 0 aliphatic carbocycles. The molecule has 1 aromatic rings. The van der Waals surface area contributed by atoms with E-state index in [1.54, 1.807) is 30.3 Å². The van der Waals surface area contributed by atoms with E-state index in [4.69, 9.17) is 12.2 Å². The number of anilines is 1. The number of carboxylic acids is 1. The van der Waals surface area contributed by atoms with E-state index in [1.165, 1.54) is 6.92 Å². The minimum absolute atomic E-state index is 0.170. The van der Waals surface area contributed by atoms with Crippen LogP contribution in [0.3, 0.4) is 0 Å². The van der Waals surface area contributed by atoms with E-state index in [0.29, 0.717) is 10.6 Å². The second kappa shape index (κ2) is 6.71. The molecule has 1 saturated heterocycles. The van der Waals surface area contributed by atoms with Crippen LogP contribution in [0.2, 0.25) is 0 Å². The van der Waals surface area contributed by atoms with Gasteiger partial charge in [0.25, 0.3) is 5.91 Å². The molecule has 1 aliphatic heterocycles. The third-order valence-electron chi connectivity index (χ3n) is 2.69. The number of thiocarbonyl (C=S) groups is 1. The molecule has 6 nitrogen and oxygen atoms in total. The number of nitrogens with one attached hydrogen (secondary N) is 1. The Morgan fingerprint density at radius 3 is 2.55 bits per heavy atom. The minimum atomic E-state index is -1.36. The largest absolute Gasteiger partial charge is 0.548 e.